The molecule has 7 nitrogen and oxygen atoms in total. The molecule has 206 valence electrons. The number of benzene rings is 2. The molecule has 38 heavy (non-hydrogen) atoms. The topological polar surface area (TPSA) is 79.8 Å². The maximum absolute atomic E-state index is 13.8. The fourth-order valence-corrected chi connectivity index (χ4v) is 7.34. The number of carbonyl (C=O) groups is 1. The lowest BCUT2D eigenvalue weighted by atomic mass is 10.1. The summed E-state index contributed by atoms with van der Waals surface area (Å²) in [6.45, 7) is 10.3. The molecule has 9 heteroatoms. The van der Waals surface area contributed by atoms with Crippen LogP contribution in [0.15, 0.2) is 41.3 Å². The normalized spacial score (nSPS) is 16.0. The first-order valence-corrected chi connectivity index (χ1v) is 15.9. The van der Waals surface area contributed by atoms with Crippen LogP contribution in [-0.2, 0) is 14.8 Å². The molecule has 0 spiro atoms. The van der Waals surface area contributed by atoms with Crippen LogP contribution in [0.4, 0.5) is 5.13 Å². The molecule has 1 aromatic heterocycles. The van der Waals surface area contributed by atoms with Crippen LogP contribution in [0.3, 0.4) is 0 Å². The zero-order valence-electron chi connectivity index (χ0n) is 22.9. The second kappa shape index (κ2) is 12.7. The molecule has 0 bridgehead atoms. The van der Waals surface area contributed by atoms with Crippen LogP contribution in [-0.4, -0.2) is 56.0 Å². The number of aryl methyl sites for hydroxylation is 2. The number of anilines is 1. The van der Waals surface area contributed by atoms with Gasteiger partial charge in [0.2, 0.25) is 10.0 Å². The second-order valence-electron chi connectivity index (χ2n) is 10.1. The summed E-state index contributed by atoms with van der Waals surface area (Å²) in [6.07, 6.45) is 5.32. The van der Waals surface area contributed by atoms with E-state index in [0.717, 1.165) is 59.9 Å². The number of thiazole rings is 1. The van der Waals surface area contributed by atoms with Crippen LogP contribution in [0.5, 0.6) is 0 Å². The van der Waals surface area contributed by atoms with Crippen LogP contribution >= 0.6 is 11.3 Å². The van der Waals surface area contributed by atoms with Gasteiger partial charge in [-0.1, -0.05) is 50.2 Å². The molecule has 4 rings (SSSR count). The van der Waals surface area contributed by atoms with Gasteiger partial charge >= 0.3 is 0 Å². The van der Waals surface area contributed by atoms with Crippen LogP contribution in [0.25, 0.3) is 10.2 Å². The van der Waals surface area contributed by atoms with Gasteiger partial charge in [-0.2, -0.15) is 4.31 Å². The fourth-order valence-electron chi connectivity index (χ4n) is 4.70. The summed E-state index contributed by atoms with van der Waals surface area (Å²) in [7, 11) is -3.63. The third-order valence-corrected chi connectivity index (χ3v) is 10.2. The molecule has 1 amide bonds. The van der Waals surface area contributed by atoms with Gasteiger partial charge in [-0.15, -0.1) is 0 Å². The van der Waals surface area contributed by atoms with Gasteiger partial charge in [-0.05, 0) is 74.9 Å². The summed E-state index contributed by atoms with van der Waals surface area (Å²) in [5.74, 6) is -0.201. The van der Waals surface area contributed by atoms with Crippen LogP contribution in [0.1, 0.15) is 73.9 Å². The summed E-state index contributed by atoms with van der Waals surface area (Å²) in [4.78, 5) is 20.6. The summed E-state index contributed by atoms with van der Waals surface area (Å²) in [6, 6.07) is 10.5. The Kier molecular flexibility index (Phi) is 9.57. The summed E-state index contributed by atoms with van der Waals surface area (Å²) >= 11 is 1.51. The van der Waals surface area contributed by atoms with E-state index in [0.29, 0.717) is 36.9 Å². The van der Waals surface area contributed by atoms with Gasteiger partial charge in [0.25, 0.3) is 5.91 Å². The predicted molar refractivity (Wildman–Crippen MR) is 155 cm³/mol. The lowest BCUT2D eigenvalue weighted by molar-refractivity contribution is 0.0917. The fraction of sp³-hybridized carbons (Fsp3) is 0.517. The molecule has 1 unspecified atom stereocenters. The third kappa shape index (κ3) is 6.28. The van der Waals surface area contributed by atoms with Crippen LogP contribution < -0.4 is 4.90 Å². The van der Waals surface area contributed by atoms with E-state index in [1.807, 2.05) is 6.92 Å². The highest BCUT2D eigenvalue weighted by Crippen LogP contribution is 2.34. The molecule has 2 aromatic carbocycles. The molecular weight excluding hydrogens is 518 g/mol. The standard InChI is InChI=1S/C29H39N3O4S2/c1-5-7-17-31(18-8-6-2)38(34,35)25-15-13-23(14-16-25)28(33)32(20-24-10-9-19-36-24)29-30-26-21(3)11-12-22(4)27(26)37-29/h11-16,24H,5-10,17-20H2,1-4H3. The van der Waals surface area contributed by atoms with Crippen molar-refractivity contribution < 1.29 is 17.9 Å². The summed E-state index contributed by atoms with van der Waals surface area (Å²) < 4.78 is 35.3. The van der Waals surface area contributed by atoms with E-state index in [2.05, 4.69) is 32.9 Å². The Balaban J connectivity index is 1.63. The molecule has 0 N–H and O–H groups in total. The van der Waals surface area contributed by atoms with Crippen molar-refractivity contribution in [3.8, 4) is 0 Å². The number of amides is 1. The van der Waals surface area contributed by atoms with Crippen molar-refractivity contribution in [2.45, 2.75) is 77.2 Å². The minimum absolute atomic E-state index is 0.0431. The van der Waals surface area contributed by atoms with E-state index in [4.69, 9.17) is 9.72 Å². The summed E-state index contributed by atoms with van der Waals surface area (Å²) in [5.41, 5.74) is 3.55. The van der Waals surface area contributed by atoms with Crippen LogP contribution in [0, 0.1) is 13.8 Å². The van der Waals surface area contributed by atoms with Crippen molar-refractivity contribution in [3.63, 3.8) is 0 Å². The van der Waals surface area contributed by atoms with E-state index in [-0.39, 0.29) is 16.9 Å². The van der Waals surface area contributed by atoms with Crippen molar-refractivity contribution in [3.05, 3.63) is 53.1 Å². The van der Waals surface area contributed by atoms with Gasteiger partial charge in [0, 0.05) is 25.3 Å². The zero-order valence-corrected chi connectivity index (χ0v) is 24.5. The molecular formula is C29H39N3O4S2. The van der Waals surface area contributed by atoms with E-state index in [1.54, 1.807) is 33.5 Å². The Hall–Kier alpha value is -2.33. The number of fused-ring (bicyclic) bond motifs is 1. The molecule has 1 aliphatic rings. The molecule has 1 fully saturated rings. The number of ether oxygens (including phenoxy) is 1. The Morgan fingerprint density at radius 1 is 1.03 bits per heavy atom. The molecule has 0 radical (unpaired) electrons. The second-order valence-corrected chi connectivity index (χ2v) is 13.0. The van der Waals surface area contributed by atoms with Crippen molar-refractivity contribution in [2.75, 3.05) is 31.1 Å². The van der Waals surface area contributed by atoms with Gasteiger partial charge in [0.1, 0.15) is 0 Å². The SMILES string of the molecule is CCCCN(CCCC)S(=O)(=O)c1ccc(C(=O)N(CC2CCCO2)c2nc3c(C)ccc(C)c3s2)cc1. The minimum Gasteiger partial charge on any atom is -0.376 e. The third-order valence-electron chi connectivity index (χ3n) is 7.08. The predicted octanol–water partition coefficient (Wildman–Crippen LogP) is 6.33. The molecule has 2 heterocycles. The number of hydrogen-bond donors (Lipinski definition) is 0. The van der Waals surface area contributed by atoms with Gasteiger partial charge < -0.3 is 4.74 Å². The first kappa shape index (κ1) is 28.7. The van der Waals surface area contributed by atoms with E-state index in [9.17, 15) is 13.2 Å². The van der Waals surface area contributed by atoms with E-state index >= 15 is 0 Å². The number of nitrogens with zero attached hydrogens (tertiary/aromatic N) is 3. The van der Waals surface area contributed by atoms with Gasteiger partial charge in [-0.3, -0.25) is 9.69 Å². The Morgan fingerprint density at radius 2 is 1.68 bits per heavy atom. The van der Waals surface area contributed by atoms with E-state index in [1.165, 1.54) is 11.3 Å². The Bertz CT molecular complexity index is 1300. The Morgan fingerprint density at radius 3 is 2.26 bits per heavy atom. The molecule has 1 aliphatic heterocycles. The lowest BCUT2D eigenvalue weighted by Gasteiger charge is -2.24. The molecule has 0 aliphatic carbocycles. The first-order valence-electron chi connectivity index (χ1n) is 13.7. The monoisotopic (exact) mass is 557 g/mol. The van der Waals surface area contributed by atoms with Gasteiger partial charge in [0.15, 0.2) is 5.13 Å². The minimum atomic E-state index is -3.63. The van der Waals surface area contributed by atoms with Gasteiger partial charge in [-0.25, -0.2) is 13.4 Å². The quantitative estimate of drug-likeness (QED) is 0.260. The smallest absolute Gasteiger partial charge is 0.260 e. The highest BCUT2D eigenvalue weighted by molar-refractivity contribution is 7.89. The number of hydrogen-bond acceptors (Lipinski definition) is 6. The lowest BCUT2D eigenvalue weighted by Crippen LogP contribution is -2.37. The maximum Gasteiger partial charge on any atom is 0.260 e. The maximum atomic E-state index is 13.8. The van der Waals surface area contributed by atoms with Crippen molar-refractivity contribution >= 4 is 42.6 Å². The first-order chi connectivity index (χ1) is 18.3. The van der Waals surface area contributed by atoms with Crippen molar-refractivity contribution in [1.29, 1.82) is 0 Å². The number of carbonyl (C=O) groups excluding carboxylic acids is 1. The highest BCUT2D eigenvalue weighted by atomic mass is 32.2. The molecule has 3 aromatic rings. The average Bonchev–Trinajstić information content (AvgIpc) is 3.60. The van der Waals surface area contributed by atoms with Crippen molar-refractivity contribution in [2.24, 2.45) is 0 Å². The number of aromatic nitrogens is 1. The van der Waals surface area contributed by atoms with Crippen molar-refractivity contribution in [1.82, 2.24) is 9.29 Å². The number of rotatable bonds is 12. The highest BCUT2D eigenvalue weighted by Gasteiger charge is 2.29. The van der Waals surface area contributed by atoms with Crippen LogP contribution in [0.2, 0.25) is 0 Å². The Labute approximate surface area is 230 Å². The van der Waals surface area contributed by atoms with E-state index < -0.39 is 10.0 Å². The molecule has 0 saturated carbocycles. The number of unbranched alkanes of at least 4 members (excludes halogenated alkanes) is 2. The zero-order chi connectivity index (χ0) is 27.3. The molecule has 1 atom stereocenters. The summed E-state index contributed by atoms with van der Waals surface area (Å²) in [5, 5.41) is 0.639. The average molecular weight is 558 g/mol. The molecule has 1 saturated heterocycles. The van der Waals surface area contributed by atoms with Gasteiger partial charge in [0.05, 0.1) is 27.8 Å². The largest absolute Gasteiger partial charge is 0.376 e. The number of sulfonamides is 1.